The van der Waals surface area contributed by atoms with Gasteiger partial charge < -0.3 is 10.8 Å². The molecule has 0 radical (unpaired) electrons. The first kappa shape index (κ1) is 15.8. The Bertz CT molecular complexity index is 62.0. The van der Waals surface area contributed by atoms with Gasteiger partial charge in [0, 0.05) is 11.9 Å². The molecule has 0 spiro atoms. The van der Waals surface area contributed by atoms with E-state index in [1.54, 1.807) is 6.92 Å². The molecule has 7 heavy (non-hydrogen) atoms. The molecule has 2 N–H and O–H groups in total. The van der Waals surface area contributed by atoms with Crippen molar-refractivity contribution in [3.8, 4) is 0 Å². The zero-order chi connectivity index (χ0) is 4.28. The fourth-order valence-corrected chi connectivity index (χ4v) is 0. The van der Waals surface area contributed by atoms with Crippen LogP contribution in [0.15, 0.2) is 0 Å². The third-order valence-corrected chi connectivity index (χ3v) is 0.217. The standard InChI is InChI=1S/C3H6N2.2ClH/c1-3(5)2-4;;/h2,4-5H,1H3;2*1H. The van der Waals surface area contributed by atoms with Gasteiger partial charge in [-0.15, -0.1) is 24.8 Å². The average molecular weight is 143 g/mol. The van der Waals surface area contributed by atoms with E-state index in [4.69, 9.17) is 10.8 Å². The van der Waals surface area contributed by atoms with Crippen molar-refractivity contribution < 1.29 is 0 Å². The van der Waals surface area contributed by atoms with Crippen LogP contribution in [0.25, 0.3) is 0 Å². The maximum absolute atomic E-state index is 6.50. The molecule has 0 aromatic heterocycles. The van der Waals surface area contributed by atoms with Crippen molar-refractivity contribution >= 4 is 36.7 Å². The van der Waals surface area contributed by atoms with Gasteiger partial charge >= 0.3 is 0 Å². The third-order valence-electron chi connectivity index (χ3n) is 0.217. The summed E-state index contributed by atoms with van der Waals surface area (Å²) in [6.07, 6.45) is 1.00. The molecule has 0 aliphatic heterocycles. The highest BCUT2D eigenvalue weighted by molar-refractivity contribution is 6.26. The normalized spacial score (nSPS) is 4.71. The van der Waals surface area contributed by atoms with E-state index in [-0.39, 0.29) is 24.8 Å². The zero-order valence-corrected chi connectivity index (χ0v) is 5.53. The van der Waals surface area contributed by atoms with Crippen LogP contribution in [-0.2, 0) is 0 Å². The van der Waals surface area contributed by atoms with E-state index in [0.29, 0.717) is 5.71 Å². The van der Waals surface area contributed by atoms with Crippen LogP contribution in [0.3, 0.4) is 0 Å². The van der Waals surface area contributed by atoms with Gasteiger partial charge in [-0.2, -0.15) is 0 Å². The van der Waals surface area contributed by atoms with Crippen LogP contribution in [0.1, 0.15) is 6.92 Å². The summed E-state index contributed by atoms with van der Waals surface area (Å²) in [5.74, 6) is 0. The van der Waals surface area contributed by atoms with Crippen LogP contribution >= 0.6 is 24.8 Å². The van der Waals surface area contributed by atoms with Crippen LogP contribution in [-0.4, -0.2) is 11.9 Å². The van der Waals surface area contributed by atoms with Crippen molar-refractivity contribution in [3.05, 3.63) is 0 Å². The molecule has 2 nitrogen and oxygen atoms in total. The molecule has 0 heterocycles. The Kier molecular flexibility index (Phi) is 21.0. The first-order valence-electron chi connectivity index (χ1n) is 1.33. The first-order valence-corrected chi connectivity index (χ1v) is 1.33. The third kappa shape index (κ3) is 24.7. The molecule has 0 aromatic carbocycles. The Morgan fingerprint density at radius 3 is 1.57 bits per heavy atom. The van der Waals surface area contributed by atoms with Gasteiger partial charge in [-0.25, -0.2) is 0 Å². The summed E-state index contributed by atoms with van der Waals surface area (Å²) in [7, 11) is 0. The molecule has 0 rings (SSSR count). The number of nitrogens with one attached hydrogen (secondary N) is 2. The van der Waals surface area contributed by atoms with E-state index in [1.165, 1.54) is 0 Å². The van der Waals surface area contributed by atoms with Gasteiger partial charge in [0.05, 0.1) is 0 Å². The molecule has 4 heteroatoms. The summed E-state index contributed by atoms with van der Waals surface area (Å²) in [4.78, 5) is 0. The van der Waals surface area contributed by atoms with Gasteiger partial charge in [0.1, 0.15) is 0 Å². The molecular weight excluding hydrogens is 135 g/mol. The molecule has 0 atom stereocenters. The lowest BCUT2D eigenvalue weighted by molar-refractivity contribution is 1.49. The van der Waals surface area contributed by atoms with Crippen LogP contribution in [0, 0.1) is 10.8 Å². The Hall–Kier alpha value is -0.0800. The molecule has 0 saturated heterocycles. The molecule has 0 amide bonds. The highest BCUT2D eigenvalue weighted by Gasteiger charge is 1.65. The van der Waals surface area contributed by atoms with E-state index in [9.17, 15) is 0 Å². The van der Waals surface area contributed by atoms with Crippen LogP contribution in [0.5, 0.6) is 0 Å². The van der Waals surface area contributed by atoms with Gasteiger partial charge in [0.25, 0.3) is 0 Å². The average Bonchev–Trinajstić information content (AvgIpc) is 1.38. The van der Waals surface area contributed by atoms with E-state index in [0.717, 1.165) is 6.21 Å². The first-order chi connectivity index (χ1) is 2.27. The van der Waals surface area contributed by atoms with Crippen molar-refractivity contribution in [2.45, 2.75) is 6.92 Å². The fourth-order valence-electron chi connectivity index (χ4n) is 0. The fraction of sp³-hybridized carbons (Fsp3) is 0.333. The molecule has 44 valence electrons. The molecule has 0 aliphatic carbocycles. The highest BCUT2D eigenvalue weighted by atomic mass is 35.5. The highest BCUT2D eigenvalue weighted by Crippen LogP contribution is 1.51. The minimum Gasteiger partial charge on any atom is -0.307 e. The van der Waals surface area contributed by atoms with Gasteiger partial charge in [0.15, 0.2) is 0 Å². The smallest absolute Gasteiger partial charge is 0.0458 e. The second-order valence-corrected chi connectivity index (χ2v) is 0.827. The molecule has 0 aromatic rings. The maximum atomic E-state index is 6.50. The number of hydrogen-bond donors (Lipinski definition) is 2. The Morgan fingerprint density at radius 1 is 1.43 bits per heavy atom. The largest absolute Gasteiger partial charge is 0.307 e. The molecule has 0 saturated carbocycles. The van der Waals surface area contributed by atoms with Crippen molar-refractivity contribution in [1.82, 2.24) is 0 Å². The van der Waals surface area contributed by atoms with Crippen molar-refractivity contribution in [2.75, 3.05) is 0 Å². The van der Waals surface area contributed by atoms with Crippen LogP contribution in [0.2, 0.25) is 0 Å². The maximum Gasteiger partial charge on any atom is 0.0458 e. The summed E-state index contributed by atoms with van der Waals surface area (Å²) in [6.45, 7) is 1.56. The summed E-state index contributed by atoms with van der Waals surface area (Å²) < 4.78 is 0. The lowest BCUT2D eigenvalue weighted by atomic mass is 10.5. The molecule has 0 fully saturated rings. The van der Waals surface area contributed by atoms with E-state index in [2.05, 4.69) is 0 Å². The predicted octanol–water partition coefficient (Wildman–Crippen LogP) is 1.52. The van der Waals surface area contributed by atoms with Gasteiger partial charge in [0.2, 0.25) is 0 Å². The monoisotopic (exact) mass is 142 g/mol. The Labute approximate surface area is 55.1 Å². The number of halogens is 2. The van der Waals surface area contributed by atoms with Crippen molar-refractivity contribution in [1.29, 1.82) is 10.8 Å². The summed E-state index contributed by atoms with van der Waals surface area (Å²) in [6, 6.07) is 0. The van der Waals surface area contributed by atoms with Crippen molar-refractivity contribution in [2.24, 2.45) is 0 Å². The van der Waals surface area contributed by atoms with Crippen LogP contribution < -0.4 is 0 Å². The Morgan fingerprint density at radius 2 is 1.57 bits per heavy atom. The van der Waals surface area contributed by atoms with Gasteiger partial charge in [-0.05, 0) is 6.92 Å². The van der Waals surface area contributed by atoms with Gasteiger partial charge in [-0.1, -0.05) is 0 Å². The van der Waals surface area contributed by atoms with E-state index >= 15 is 0 Å². The summed E-state index contributed by atoms with van der Waals surface area (Å²) >= 11 is 0. The lowest BCUT2D eigenvalue weighted by Gasteiger charge is -1.67. The topological polar surface area (TPSA) is 47.7 Å². The van der Waals surface area contributed by atoms with Crippen LogP contribution in [0.4, 0.5) is 0 Å². The SMILES string of the molecule is CC(=N)C=N.Cl.Cl. The second kappa shape index (κ2) is 9.33. The van der Waals surface area contributed by atoms with Crippen molar-refractivity contribution in [3.63, 3.8) is 0 Å². The number of rotatable bonds is 1. The quantitative estimate of drug-likeness (QED) is 0.523. The number of hydrogen-bond acceptors (Lipinski definition) is 2. The zero-order valence-electron chi connectivity index (χ0n) is 3.89. The molecule has 0 bridgehead atoms. The van der Waals surface area contributed by atoms with E-state index < -0.39 is 0 Å². The minimum atomic E-state index is 0. The Balaban J connectivity index is -0.0000000800. The second-order valence-electron chi connectivity index (χ2n) is 0.827. The predicted molar refractivity (Wildman–Crippen MR) is 36.7 cm³/mol. The molecular formula is C3H8Cl2N2. The summed E-state index contributed by atoms with van der Waals surface area (Å²) in [5.41, 5.74) is 0.296. The minimum absolute atomic E-state index is 0. The molecule has 0 aliphatic rings. The summed E-state index contributed by atoms with van der Waals surface area (Å²) in [5, 5.41) is 12.8. The molecule has 0 unspecified atom stereocenters. The van der Waals surface area contributed by atoms with E-state index in [1.807, 2.05) is 0 Å². The van der Waals surface area contributed by atoms with Gasteiger partial charge in [-0.3, -0.25) is 0 Å². The lowest BCUT2D eigenvalue weighted by Crippen LogP contribution is -1.82.